The van der Waals surface area contributed by atoms with Crippen molar-refractivity contribution in [3.63, 3.8) is 0 Å². The van der Waals surface area contributed by atoms with E-state index in [1.54, 1.807) is 0 Å². The first-order valence-electron chi connectivity index (χ1n) is 5.50. The highest BCUT2D eigenvalue weighted by Gasteiger charge is 2.27. The largest absolute Gasteiger partial charge is 0.366 e. The van der Waals surface area contributed by atoms with E-state index in [1.807, 2.05) is 0 Å². The number of hydrogen-bond donors (Lipinski definition) is 1. The Bertz CT molecular complexity index is 335. The zero-order valence-electron chi connectivity index (χ0n) is 8.37. The van der Waals surface area contributed by atoms with Crippen molar-refractivity contribution in [1.82, 2.24) is 5.32 Å². The molecule has 1 fully saturated rings. The normalized spacial score (nSPS) is 25.4. The monoisotopic (exact) mass is 188 g/mol. The van der Waals surface area contributed by atoms with Gasteiger partial charge in [0.25, 0.3) is 0 Å². The Morgan fingerprint density at radius 3 is 3.21 bits per heavy atom. The van der Waals surface area contributed by atoms with Crippen molar-refractivity contribution < 1.29 is 0 Å². The standard InChI is InChI=1S/C12H16N2/c1-2-4-12-10(3-1)5-6-11-9-13-7-8-14(11)12/h1-4,11,13H,5-9H2/t11-/m0/s1. The van der Waals surface area contributed by atoms with E-state index in [4.69, 9.17) is 0 Å². The maximum absolute atomic E-state index is 3.47. The molecule has 1 atom stereocenters. The molecule has 1 saturated heterocycles. The van der Waals surface area contributed by atoms with Crippen LogP contribution in [0.2, 0.25) is 0 Å². The molecule has 14 heavy (non-hydrogen) atoms. The van der Waals surface area contributed by atoms with Gasteiger partial charge in [0, 0.05) is 31.4 Å². The van der Waals surface area contributed by atoms with Gasteiger partial charge in [0.05, 0.1) is 0 Å². The predicted molar refractivity (Wildman–Crippen MR) is 58.8 cm³/mol. The topological polar surface area (TPSA) is 15.3 Å². The minimum atomic E-state index is 0.735. The van der Waals surface area contributed by atoms with Gasteiger partial charge in [0.1, 0.15) is 0 Å². The Labute approximate surface area is 84.9 Å². The molecular formula is C12H16N2. The van der Waals surface area contributed by atoms with Gasteiger partial charge in [0.2, 0.25) is 0 Å². The van der Waals surface area contributed by atoms with Crippen LogP contribution in [0, 0.1) is 0 Å². The maximum atomic E-state index is 3.47. The third kappa shape index (κ3) is 1.22. The molecule has 0 saturated carbocycles. The van der Waals surface area contributed by atoms with Gasteiger partial charge in [-0.05, 0) is 24.5 Å². The van der Waals surface area contributed by atoms with Crippen molar-refractivity contribution in [2.45, 2.75) is 18.9 Å². The van der Waals surface area contributed by atoms with E-state index >= 15 is 0 Å². The summed E-state index contributed by atoms with van der Waals surface area (Å²) in [6.45, 7) is 3.46. The number of hydrogen-bond acceptors (Lipinski definition) is 2. The van der Waals surface area contributed by atoms with Gasteiger partial charge in [0.15, 0.2) is 0 Å². The van der Waals surface area contributed by atoms with Crippen LogP contribution in [-0.4, -0.2) is 25.7 Å². The van der Waals surface area contributed by atoms with E-state index in [0.717, 1.165) is 19.1 Å². The summed E-state index contributed by atoms with van der Waals surface area (Å²) in [6, 6.07) is 9.59. The summed E-state index contributed by atoms with van der Waals surface area (Å²) in [4.78, 5) is 2.58. The second-order valence-electron chi connectivity index (χ2n) is 4.22. The number of para-hydroxylation sites is 1. The number of anilines is 1. The van der Waals surface area contributed by atoms with Crippen LogP contribution in [0.5, 0.6) is 0 Å². The summed E-state index contributed by atoms with van der Waals surface area (Å²) >= 11 is 0. The van der Waals surface area contributed by atoms with E-state index < -0.39 is 0 Å². The Hall–Kier alpha value is -1.02. The van der Waals surface area contributed by atoms with Gasteiger partial charge in [-0.3, -0.25) is 0 Å². The van der Waals surface area contributed by atoms with Crippen LogP contribution in [0.3, 0.4) is 0 Å². The van der Waals surface area contributed by atoms with E-state index in [2.05, 4.69) is 34.5 Å². The fraction of sp³-hybridized carbons (Fsp3) is 0.500. The van der Waals surface area contributed by atoms with E-state index in [-0.39, 0.29) is 0 Å². The highest BCUT2D eigenvalue weighted by Crippen LogP contribution is 2.30. The molecule has 2 heteroatoms. The minimum absolute atomic E-state index is 0.735. The zero-order chi connectivity index (χ0) is 9.38. The van der Waals surface area contributed by atoms with Gasteiger partial charge < -0.3 is 10.2 Å². The first-order chi connectivity index (χ1) is 6.95. The molecule has 2 nitrogen and oxygen atoms in total. The Morgan fingerprint density at radius 1 is 1.29 bits per heavy atom. The number of benzene rings is 1. The summed E-state index contributed by atoms with van der Waals surface area (Å²) in [6.07, 6.45) is 2.56. The number of piperazine rings is 1. The lowest BCUT2D eigenvalue weighted by atomic mass is 9.94. The minimum Gasteiger partial charge on any atom is -0.366 e. The van der Waals surface area contributed by atoms with E-state index in [9.17, 15) is 0 Å². The molecule has 0 aliphatic carbocycles. The predicted octanol–water partition coefficient (Wildman–Crippen LogP) is 1.41. The third-order valence-corrected chi connectivity index (χ3v) is 3.40. The lowest BCUT2D eigenvalue weighted by Gasteiger charge is -2.42. The lowest BCUT2D eigenvalue weighted by molar-refractivity contribution is 0.440. The van der Waals surface area contributed by atoms with Gasteiger partial charge in [-0.1, -0.05) is 18.2 Å². The highest BCUT2D eigenvalue weighted by molar-refractivity contribution is 5.56. The number of fused-ring (bicyclic) bond motifs is 3. The lowest BCUT2D eigenvalue weighted by Crippen LogP contribution is -2.53. The molecule has 1 aromatic rings. The summed E-state index contributed by atoms with van der Waals surface area (Å²) < 4.78 is 0. The summed E-state index contributed by atoms with van der Waals surface area (Å²) in [5.74, 6) is 0. The Balaban J connectivity index is 1.99. The van der Waals surface area contributed by atoms with Gasteiger partial charge in [-0.15, -0.1) is 0 Å². The van der Waals surface area contributed by atoms with Crippen LogP contribution in [0.15, 0.2) is 24.3 Å². The second-order valence-corrected chi connectivity index (χ2v) is 4.22. The van der Waals surface area contributed by atoms with Crippen LogP contribution < -0.4 is 10.2 Å². The quantitative estimate of drug-likeness (QED) is 0.662. The second kappa shape index (κ2) is 3.28. The molecule has 0 aromatic heterocycles. The summed E-state index contributed by atoms with van der Waals surface area (Å²) in [5, 5.41) is 3.47. The Kier molecular flexibility index (Phi) is 1.95. The van der Waals surface area contributed by atoms with Crippen molar-refractivity contribution in [3.05, 3.63) is 29.8 Å². The van der Waals surface area contributed by atoms with Crippen molar-refractivity contribution in [2.24, 2.45) is 0 Å². The van der Waals surface area contributed by atoms with Crippen LogP contribution in [0.4, 0.5) is 5.69 Å². The molecule has 0 radical (unpaired) electrons. The van der Waals surface area contributed by atoms with E-state index in [1.165, 1.54) is 30.6 Å². The molecular weight excluding hydrogens is 172 g/mol. The molecule has 1 aromatic carbocycles. The Morgan fingerprint density at radius 2 is 2.21 bits per heavy atom. The van der Waals surface area contributed by atoms with Crippen molar-refractivity contribution >= 4 is 5.69 Å². The van der Waals surface area contributed by atoms with Gasteiger partial charge >= 0.3 is 0 Å². The van der Waals surface area contributed by atoms with Crippen LogP contribution in [0.25, 0.3) is 0 Å². The first kappa shape index (κ1) is 8.30. The average Bonchev–Trinajstić information content (AvgIpc) is 2.29. The number of aryl methyl sites for hydroxylation is 1. The smallest absolute Gasteiger partial charge is 0.0418 e. The summed E-state index contributed by atoms with van der Waals surface area (Å²) in [5.41, 5.74) is 3.01. The number of rotatable bonds is 0. The van der Waals surface area contributed by atoms with Crippen molar-refractivity contribution in [2.75, 3.05) is 24.5 Å². The van der Waals surface area contributed by atoms with Crippen LogP contribution in [0.1, 0.15) is 12.0 Å². The van der Waals surface area contributed by atoms with Gasteiger partial charge in [-0.25, -0.2) is 0 Å². The maximum Gasteiger partial charge on any atom is 0.0418 e. The molecule has 0 bridgehead atoms. The molecule has 1 N–H and O–H groups in total. The average molecular weight is 188 g/mol. The molecule has 3 rings (SSSR count). The first-order valence-corrected chi connectivity index (χ1v) is 5.50. The van der Waals surface area contributed by atoms with Crippen molar-refractivity contribution in [3.8, 4) is 0 Å². The van der Waals surface area contributed by atoms with E-state index in [0.29, 0.717) is 0 Å². The summed E-state index contributed by atoms with van der Waals surface area (Å²) in [7, 11) is 0. The van der Waals surface area contributed by atoms with Gasteiger partial charge in [-0.2, -0.15) is 0 Å². The van der Waals surface area contributed by atoms with Crippen LogP contribution in [-0.2, 0) is 6.42 Å². The number of nitrogens with one attached hydrogen (secondary N) is 1. The molecule has 2 aliphatic rings. The molecule has 74 valence electrons. The SMILES string of the molecule is c1ccc2c(c1)CC[C@H]1CNCCN21. The van der Waals surface area contributed by atoms with Crippen molar-refractivity contribution in [1.29, 1.82) is 0 Å². The molecule has 2 heterocycles. The molecule has 0 unspecified atom stereocenters. The molecule has 2 aliphatic heterocycles. The third-order valence-electron chi connectivity index (χ3n) is 3.40. The molecule has 0 spiro atoms. The zero-order valence-corrected chi connectivity index (χ0v) is 8.37. The fourth-order valence-electron chi connectivity index (χ4n) is 2.66. The highest BCUT2D eigenvalue weighted by atomic mass is 15.2. The number of nitrogens with zero attached hydrogens (tertiary/aromatic N) is 1. The van der Waals surface area contributed by atoms with Crippen LogP contribution >= 0.6 is 0 Å². The fourth-order valence-corrected chi connectivity index (χ4v) is 2.66. The molecule has 0 amide bonds.